The third-order valence-corrected chi connectivity index (χ3v) is 4.11. The number of aliphatic hydroxyl groups is 2. The first kappa shape index (κ1) is 24.8. The van der Waals surface area contributed by atoms with Crippen LogP contribution in [0.1, 0.15) is 0 Å². The quantitative estimate of drug-likeness (QED) is 0.508. The van der Waals surface area contributed by atoms with E-state index in [4.69, 9.17) is 10.2 Å². The van der Waals surface area contributed by atoms with Crippen LogP contribution in [0.25, 0.3) is 0 Å². The first-order chi connectivity index (χ1) is 12.1. The second-order valence-corrected chi connectivity index (χ2v) is 5.95. The molecule has 1 aromatic heterocycles. The molecule has 4 nitrogen and oxygen atoms in total. The summed E-state index contributed by atoms with van der Waals surface area (Å²) in [5.41, 5.74) is -10.8. The molecule has 28 heavy (non-hydrogen) atoms. The van der Waals surface area contributed by atoms with Gasteiger partial charge < -0.3 is 0 Å². The minimum absolute atomic E-state index is 0.203. The summed E-state index contributed by atoms with van der Waals surface area (Å²) in [5.74, 6) is 0. The number of halogens is 12. The maximum atomic E-state index is 12.6. The summed E-state index contributed by atoms with van der Waals surface area (Å²) >= 11 is 3.92. The van der Waals surface area contributed by atoms with E-state index in [1.54, 1.807) is 0 Å². The van der Waals surface area contributed by atoms with Crippen molar-refractivity contribution in [3.63, 3.8) is 0 Å². The molecule has 0 saturated carbocycles. The number of imidazole rings is 1. The summed E-state index contributed by atoms with van der Waals surface area (Å²) in [6.07, 6.45) is -24.8. The molecule has 0 aliphatic carbocycles. The monoisotopic (exact) mass is 486 g/mol. The summed E-state index contributed by atoms with van der Waals surface area (Å²) in [7, 11) is 0. The van der Waals surface area contributed by atoms with Crippen molar-refractivity contribution >= 4 is 0 Å². The Labute approximate surface area is 153 Å². The topological polar surface area (TPSA) is 50.3 Å². The molecule has 0 fully saturated rings. The van der Waals surface area contributed by atoms with E-state index in [0.717, 1.165) is 0 Å². The third-order valence-electron chi connectivity index (χ3n) is 3.54. The van der Waals surface area contributed by atoms with E-state index in [-0.39, 0.29) is 21.5 Å². The fraction of sp³-hybridized carbons (Fsp3) is 0.727. The predicted octanol–water partition coefficient (Wildman–Crippen LogP) is 3.08. The van der Waals surface area contributed by atoms with Gasteiger partial charge in [-0.15, -0.1) is 0 Å². The van der Waals surface area contributed by atoms with Gasteiger partial charge in [0, 0.05) is 0 Å². The van der Waals surface area contributed by atoms with E-state index in [1.807, 2.05) is 0 Å². The Hall–Kier alpha value is -1.22. The molecule has 1 aromatic rings. The molecule has 1 heterocycles. The van der Waals surface area contributed by atoms with Crippen LogP contribution in [0.3, 0.4) is 0 Å². The number of nitrogens with zero attached hydrogens (tertiary/aromatic N) is 2. The fourth-order valence-corrected chi connectivity index (χ4v) is 2.14. The average molecular weight is 487 g/mol. The molecule has 0 saturated heterocycles. The Kier molecular flexibility index (Phi) is 6.15. The van der Waals surface area contributed by atoms with Crippen LogP contribution in [0, 0.1) is 4.40 Å². The van der Waals surface area contributed by atoms with Gasteiger partial charge in [-0.25, -0.2) is 0 Å². The van der Waals surface area contributed by atoms with E-state index in [1.165, 1.54) is 0 Å². The van der Waals surface area contributed by atoms with Crippen molar-refractivity contribution in [2.24, 2.45) is 0 Å². The molecule has 168 valence electrons. The van der Waals surface area contributed by atoms with E-state index in [9.17, 15) is 52.7 Å². The molecule has 17 heteroatoms. The zero-order chi connectivity index (χ0) is 22.6. The van der Waals surface area contributed by atoms with Crippen molar-refractivity contribution in [1.82, 2.24) is 9.13 Å². The van der Waals surface area contributed by atoms with E-state index in [2.05, 4.69) is 15.0 Å². The van der Waals surface area contributed by atoms with Crippen LogP contribution < -0.4 is 0 Å². The maximum absolute atomic E-state index is 12.6. The number of hydrogen-bond acceptors (Lipinski definition) is 2. The zero-order valence-electron chi connectivity index (χ0n) is 12.7. The number of alkyl halides is 12. The van der Waals surface area contributed by atoms with Gasteiger partial charge in [-0.3, -0.25) is 0 Å². The molecule has 0 aliphatic heterocycles. The fourth-order valence-electron chi connectivity index (χ4n) is 1.84. The van der Waals surface area contributed by atoms with Gasteiger partial charge in [-0.1, -0.05) is 0 Å². The van der Waals surface area contributed by atoms with Crippen LogP contribution in [0.5, 0.6) is 0 Å². The van der Waals surface area contributed by atoms with Crippen molar-refractivity contribution in [2.75, 3.05) is 0 Å². The minimum atomic E-state index is -6.30. The molecule has 2 N–H and O–H groups in total. The second kappa shape index (κ2) is 6.94. The van der Waals surface area contributed by atoms with Crippen molar-refractivity contribution in [3.8, 4) is 0 Å². The standard InChI is InChI=1S/C11H8F12N2O2.Ni/c12-8(13,14)6(26,9(15,16)17)3-24-1-2-25(5-24)4-7(27,10(18,19)20)11(21,22)23;/h1-2,26-27H,3-4H2;. The molecule has 1 rings (SSSR count). The van der Waals surface area contributed by atoms with Crippen LogP contribution in [0.2, 0.25) is 0 Å². The molecular weight excluding hydrogens is 479 g/mol. The molecule has 0 bridgehead atoms. The normalized spacial score (nSPS) is 15.3. The summed E-state index contributed by atoms with van der Waals surface area (Å²) in [4.78, 5) is 0. The van der Waals surface area contributed by atoms with Crippen LogP contribution >= 0.6 is 0 Å². The summed E-state index contributed by atoms with van der Waals surface area (Å²) in [6.45, 7) is -4.78. The van der Waals surface area contributed by atoms with Gasteiger partial charge >= 0.3 is 153 Å². The van der Waals surface area contributed by atoms with Crippen molar-refractivity contribution in [2.45, 2.75) is 49.0 Å². The predicted molar refractivity (Wildman–Crippen MR) is 59.8 cm³/mol. The molecule has 0 spiro atoms. The Bertz CT molecular complexity index is 665. The van der Waals surface area contributed by atoms with Crippen molar-refractivity contribution < 1.29 is 77.9 Å². The van der Waals surface area contributed by atoms with Gasteiger partial charge in [0.05, 0.1) is 0 Å². The molecule has 0 amide bonds. The summed E-state index contributed by atoms with van der Waals surface area (Å²) < 4.78 is 150. The summed E-state index contributed by atoms with van der Waals surface area (Å²) in [5, 5.41) is 18.1. The number of hydrogen-bond donors (Lipinski definition) is 2. The Morgan fingerprint density at radius 3 is 1.00 bits per heavy atom. The van der Waals surface area contributed by atoms with Crippen LogP contribution in [-0.4, -0.2) is 55.3 Å². The first-order valence-corrected chi connectivity index (χ1v) is 7.00. The molecule has 0 aromatic carbocycles. The second-order valence-electron chi connectivity index (χ2n) is 5.51. The van der Waals surface area contributed by atoms with Crippen LogP contribution in [-0.2, 0) is 28.1 Å². The Balaban J connectivity index is 3.39. The van der Waals surface area contributed by atoms with Crippen LogP contribution in [0.15, 0.2) is 12.4 Å². The van der Waals surface area contributed by atoms with Gasteiger partial charge in [0.15, 0.2) is 0 Å². The zero-order valence-corrected chi connectivity index (χ0v) is 13.7. The summed E-state index contributed by atoms with van der Waals surface area (Å²) in [6, 6.07) is 0. The molecular formula is C11H8F12N2NiO2. The van der Waals surface area contributed by atoms with Crippen molar-refractivity contribution in [1.29, 1.82) is 0 Å². The van der Waals surface area contributed by atoms with Gasteiger partial charge in [0.25, 0.3) is 0 Å². The number of rotatable bonds is 4. The van der Waals surface area contributed by atoms with Crippen LogP contribution in [0.4, 0.5) is 52.7 Å². The third kappa shape index (κ3) is 4.20. The van der Waals surface area contributed by atoms with Gasteiger partial charge in [0.1, 0.15) is 0 Å². The van der Waals surface area contributed by atoms with Gasteiger partial charge in [-0.05, 0) is 0 Å². The molecule has 0 unspecified atom stereocenters. The molecule has 0 atom stereocenters. The average Bonchev–Trinajstić information content (AvgIpc) is 2.75. The van der Waals surface area contributed by atoms with E-state index in [0.29, 0.717) is 0 Å². The van der Waals surface area contributed by atoms with E-state index >= 15 is 0 Å². The molecule has 0 radical (unpaired) electrons. The van der Waals surface area contributed by atoms with Gasteiger partial charge in [-0.2, -0.15) is 0 Å². The Morgan fingerprint density at radius 2 is 0.821 bits per heavy atom. The SMILES string of the molecule is OC(Cn1ccn(CC(O)(C(F)(F)F)C(F)(F)F)[c]1=[Ni])(C(F)(F)F)C(F)(F)F. The van der Waals surface area contributed by atoms with Gasteiger partial charge in [0.2, 0.25) is 0 Å². The first-order valence-electron chi connectivity index (χ1n) is 6.51. The van der Waals surface area contributed by atoms with E-state index < -0.39 is 53.4 Å². The van der Waals surface area contributed by atoms with Crippen molar-refractivity contribution in [3.05, 3.63) is 16.8 Å². The number of aromatic nitrogens is 2. The molecule has 0 aliphatic rings. The Morgan fingerprint density at radius 1 is 0.607 bits per heavy atom.